The summed E-state index contributed by atoms with van der Waals surface area (Å²) >= 11 is 0. The minimum Gasteiger partial charge on any atom is -0.501 e. The van der Waals surface area contributed by atoms with E-state index in [1.54, 1.807) is 0 Å². The molecule has 19 heavy (non-hydrogen) atoms. The maximum atomic E-state index is 5.56. The molecular weight excluding hydrogens is 234 g/mol. The first-order valence-electron chi connectivity index (χ1n) is 8.36. The molecule has 1 heterocycles. The summed E-state index contributed by atoms with van der Waals surface area (Å²) < 4.78 is 5.56. The third-order valence-corrected chi connectivity index (χ3v) is 5.72. The van der Waals surface area contributed by atoms with E-state index in [2.05, 4.69) is 18.6 Å². The van der Waals surface area contributed by atoms with E-state index < -0.39 is 0 Å². The summed E-state index contributed by atoms with van der Waals surface area (Å²) in [5.74, 6) is 2.92. The Morgan fingerprint density at radius 3 is 2.68 bits per heavy atom. The molecule has 4 atom stereocenters. The largest absolute Gasteiger partial charge is 0.501 e. The van der Waals surface area contributed by atoms with Crippen molar-refractivity contribution < 1.29 is 4.74 Å². The van der Waals surface area contributed by atoms with E-state index in [0.29, 0.717) is 6.04 Å². The SMILES string of the molecule is CNC(C1=COCCC1)C1CCC2CCCCC2C1. The maximum absolute atomic E-state index is 5.56. The Labute approximate surface area is 118 Å². The van der Waals surface area contributed by atoms with Crippen LogP contribution in [0.3, 0.4) is 0 Å². The zero-order chi connectivity index (χ0) is 13.1. The van der Waals surface area contributed by atoms with Crippen molar-refractivity contribution in [3.8, 4) is 0 Å². The molecule has 2 fully saturated rings. The standard InChI is InChI=1S/C17H29NO/c1-18-17(16-7-4-10-19-12-16)15-9-8-13-5-2-3-6-14(13)11-15/h12-15,17-18H,2-11H2,1H3. The summed E-state index contributed by atoms with van der Waals surface area (Å²) in [4.78, 5) is 0. The lowest BCUT2D eigenvalue weighted by Gasteiger charge is -2.42. The summed E-state index contributed by atoms with van der Waals surface area (Å²) in [6, 6.07) is 0.572. The second-order valence-corrected chi connectivity index (χ2v) is 6.81. The van der Waals surface area contributed by atoms with Crippen molar-refractivity contribution in [3.05, 3.63) is 11.8 Å². The first-order chi connectivity index (χ1) is 9.38. The number of hydrogen-bond acceptors (Lipinski definition) is 2. The van der Waals surface area contributed by atoms with Gasteiger partial charge in [-0.05, 0) is 62.5 Å². The smallest absolute Gasteiger partial charge is 0.0876 e. The zero-order valence-electron chi connectivity index (χ0n) is 12.4. The van der Waals surface area contributed by atoms with Gasteiger partial charge in [0, 0.05) is 6.04 Å². The Morgan fingerprint density at radius 1 is 1.11 bits per heavy atom. The average molecular weight is 263 g/mol. The highest BCUT2D eigenvalue weighted by atomic mass is 16.5. The van der Waals surface area contributed by atoms with E-state index in [1.165, 1.54) is 63.4 Å². The first kappa shape index (κ1) is 13.5. The van der Waals surface area contributed by atoms with Crippen LogP contribution in [0.4, 0.5) is 0 Å². The molecule has 3 rings (SSSR count). The fraction of sp³-hybridized carbons (Fsp3) is 0.882. The summed E-state index contributed by atoms with van der Waals surface area (Å²) in [7, 11) is 2.13. The number of likely N-dealkylation sites (N-methyl/N-ethyl adjacent to an activating group) is 1. The van der Waals surface area contributed by atoms with Crippen LogP contribution in [0.15, 0.2) is 11.8 Å². The Hall–Kier alpha value is -0.500. The molecule has 2 nitrogen and oxygen atoms in total. The van der Waals surface area contributed by atoms with Gasteiger partial charge in [-0.15, -0.1) is 0 Å². The van der Waals surface area contributed by atoms with E-state index in [4.69, 9.17) is 4.74 Å². The highest BCUT2D eigenvalue weighted by molar-refractivity contribution is 5.12. The molecule has 0 aromatic heterocycles. The minimum atomic E-state index is 0.572. The molecule has 1 aliphatic heterocycles. The molecule has 0 bridgehead atoms. The summed E-state index contributed by atoms with van der Waals surface area (Å²) in [6.45, 7) is 0.912. The van der Waals surface area contributed by atoms with Gasteiger partial charge in [-0.3, -0.25) is 0 Å². The van der Waals surface area contributed by atoms with E-state index in [9.17, 15) is 0 Å². The van der Waals surface area contributed by atoms with Gasteiger partial charge < -0.3 is 10.1 Å². The molecule has 108 valence electrons. The molecule has 2 saturated carbocycles. The van der Waals surface area contributed by atoms with Gasteiger partial charge in [-0.2, -0.15) is 0 Å². The van der Waals surface area contributed by atoms with Crippen molar-refractivity contribution >= 4 is 0 Å². The average Bonchev–Trinajstić information content (AvgIpc) is 2.49. The van der Waals surface area contributed by atoms with E-state index in [-0.39, 0.29) is 0 Å². The first-order valence-corrected chi connectivity index (χ1v) is 8.36. The van der Waals surface area contributed by atoms with Gasteiger partial charge in [0.1, 0.15) is 0 Å². The van der Waals surface area contributed by atoms with Crippen molar-refractivity contribution in [2.24, 2.45) is 17.8 Å². The summed E-state index contributed by atoms with van der Waals surface area (Å²) in [5, 5.41) is 3.59. The quantitative estimate of drug-likeness (QED) is 0.834. The van der Waals surface area contributed by atoms with Crippen LogP contribution < -0.4 is 5.32 Å². The van der Waals surface area contributed by atoms with Crippen LogP contribution in [0.2, 0.25) is 0 Å². The normalized spacial score (nSPS) is 36.9. The molecule has 2 aliphatic carbocycles. The molecule has 4 unspecified atom stereocenters. The van der Waals surface area contributed by atoms with Crippen molar-refractivity contribution in [2.45, 2.75) is 63.8 Å². The predicted octanol–water partition coefficient (Wildman–Crippen LogP) is 3.88. The molecule has 0 radical (unpaired) electrons. The third kappa shape index (κ3) is 2.99. The number of ether oxygens (including phenoxy) is 1. The molecule has 0 spiro atoms. The monoisotopic (exact) mass is 263 g/mol. The van der Waals surface area contributed by atoms with Gasteiger partial charge in [0.05, 0.1) is 12.9 Å². The molecule has 0 aromatic carbocycles. The molecule has 3 aliphatic rings. The van der Waals surface area contributed by atoms with Crippen LogP contribution >= 0.6 is 0 Å². The van der Waals surface area contributed by atoms with Crippen LogP contribution in [0.5, 0.6) is 0 Å². The Morgan fingerprint density at radius 2 is 1.95 bits per heavy atom. The molecule has 1 N–H and O–H groups in total. The Balaban J connectivity index is 1.65. The lowest BCUT2D eigenvalue weighted by Crippen LogP contribution is -2.41. The second-order valence-electron chi connectivity index (χ2n) is 6.81. The molecule has 0 amide bonds. The topological polar surface area (TPSA) is 21.3 Å². The lowest BCUT2D eigenvalue weighted by molar-refractivity contribution is 0.113. The van der Waals surface area contributed by atoms with Crippen LogP contribution in [0, 0.1) is 17.8 Å². The molecular formula is C17H29NO. The number of hydrogen-bond donors (Lipinski definition) is 1. The fourth-order valence-electron chi connectivity index (χ4n) is 4.75. The van der Waals surface area contributed by atoms with E-state index >= 15 is 0 Å². The van der Waals surface area contributed by atoms with Crippen molar-refractivity contribution in [1.82, 2.24) is 5.32 Å². The van der Waals surface area contributed by atoms with Gasteiger partial charge >= 0.3 is 0 Å². The van der Waals surface area contributed by atoms with E-state index in [0.717, 1.165) is 24.4 Å². The maximum Gasteiger partial charge on any atom is 0.0876 e. The van der Waals surface area contributed by atoms with Crippen molar-refractivity contribution in [2.75, 3.05) is 13.7 Å². The summed E-state index contributed by atoms with van der Waals surface area (Å²) in [5.41, 5.74) is 1.52. The van der Waals surface area contributed by atoms with Gasteiger partial charge in [-0.1, -0.05) is 25.7 Å². The Kier molecular flexibility index (Phi) is 4.47. The highest BCUT2D eigenvalue weighted by Crippen LogP contribution is 2.44. The van der Waals surface area contributed by atoms with Gasteiger partial charge in [-0.25, -0.2) is 0 Å². The van der Waals surface area contributed by atoms with Crippen molar-refractivity contribution in [1.29, 1.82) is 0 Å². The molecule has 0 aromatic rings. The highest BCUT2D eigenvalue weighted by Gasteiger charge is 2.36. The second kappa shape index (κ2) is 6.30. The number of rotatable bonds is 3. The van der Waals surface area contributed by atoms with Gasteiger partial charge in [0.15, 0.2) is 0 Å². The number of fused-ring (bicyclic) bond motifs is 1. The minimum absolute atomic E-state index is 0.572. The third-order valence-electron chi connectivity index (χ3n) is 5.72. The number of nitrogens with one attached hydrogen (secondary N) is 1. The van der Waals surface area contributed by atoms with Crippen LogP contribution in [0.1, 0.15) is 57.8 Å². The van der Waals surface area contributed by atoms with Crippen LogP contribution in [-0.4, -0.2) is 19.7 Å². The summed E-state index contributed by atoms with van der Waals surface area (Å²) in [6.07, 6.45) is 14.8. The lowest BCUT2D eigenvalue weighted by atomic mass is 9.65. The van der Waals surface area contributed by atoms with E-state index in [1.807, 2.05) is 0 Å². The fourth-order valence-corrected chi connectivity index (χ4v) is 4.75. The molecule has 0 saturated heterocycles. The molecule has 2 heteroatoms. The van der Waals surface area contributed by atoms with Gasteiger partial charge in [0.25, 0.3) is 0 Å². The van der Waals surface area contributed by atoms with Crippen LogP contribution in [-0.2, 0) is 4.74 Å². The van der Waals surface area contributed by atoms with Gasteiger partial charge in [0.2, 0.25) is 0 Å². The van der Waals surface area contributed by atoms with Crippen molar-refractivity contribution in [3.63, 3.8) is 0 Å². The predicted molar refractivity (Wildman–Crippen MR) is 78.9 cm³/mol. The zero-order valence-corrected chi connectivity index (χ0v) is 12.4. The Bertz CT molecular complexity index is 325. The van der Waals surface area contributed by atoms with Crippen LogP contribution in [0.25, 0.3) is 0 Å².